The molecule has 1 aromatic carbocycles. The first kappa shape index (κ1) is 14.8. The van der Waals surface area contributed by atoms with Crippen LogP contribution in [0.15, 0.2) is 24.3 Å². The largest absolute Gasteiger partial charge is 0.492 e. The van der Waals surface area contributed by atoms with Crippen molar-refractivity contribution in [1.82, 2.24) is 4.90 Å². The molecule has 0 aromatic heterocycles. The molecule has 1 aliphatic heterocycles. The lowest BCUT2D eigenvalue weighted by molar-refractivity contribution is 0.0392. The maximum atomic E-state index is 10.9. The lowest BCUT2D eigenvalue weighted by atomic mass is 10.1. The Balaban J connectivity index is 1.77. The van der Waals surface area contributed by atoms with E-state index in [1.165, 1.54) is 0 Å². The second-order valence-electron chi connectivity index (χ2n) is 5.01. The van der Waals surface area contributed by atoms with Gasteiger partial charge in [0, 0.05) is 25.8 Å². The second kappa shape index (κ2) is 7.26. The van der Waals surface area contributed by atoms with E-state index in [1.54, 1.807) is 24.3 Å². The average molecular weight is 279 g/mol. The van der Waals surface area contributed by atoms with Crippen molar-refractivity contribution in [3.05, 3.63) is 29.8 Å². The van der Waals surface area contributed by atoms with E-state index in [0.29, 0.717) is 18.4 Å². The molecule has 1 fully saturated rings. The Morgan fingerprint density at radius 3 is 2.90 bits per heavy atom. The van der Waals surface area contributed by atoms with E-state index in [2.05, 4.69) is 11.9 Å². The van der Waals surface area contributed by atoms with E-state index in [0.717, 1.165) is 32.6 Å². The maximum Gasteiger partial charge on any atom is 0.335 e. The summed E-state index contributed by atoms with van der Waals surface area (Å²) in [6, 6.07) is 7.14. The summed E-state index contributed by atoms with van der Waals surface area (Å²) in [6.07, 6.45) is 2.12. The van der Waals surface area contributed by atoms with Crippen LogP contribution < -0.4 is 4.74 Å². The Hall–Kier alpha value is -1.59. The van der Waals surface area contributed by atoms with E-state index >= 15 is 0 Å². The average Bonchev–Trinajstić information content (AvgIpc) is 2.48. The van der Waals surface area contributed by atoms with Crippen molar-refractivity contribution >= 4 is 5.97 Å². The number of ether oxygens (including phenoxy) is 2. The van der Waals surface area contributed by atoms with Crippen molar-refractivity contribution in [2.45, 2.75) is 18.9 Å². The summed E-state index contributed by atoms with van der Waals surface area (Å²) in [5.41, 5.74) is 0.250. The summed E-state index contributed by atoms with van der Waals surface area (Å²) in [5.74, 6) is -0.333. The molecule has 0 bridgehead atoms. The van der Waals surface area contributed by atoms with Crippen LogP contribution in [0.4, 0.5) is 0 Å². The van der Waals surface area contributed by atoms with E-state index in [1.807, 2.05) is 0 Å². The van der Waals surface area contributed by atoms with Gasteiger partial charge in [-0.05, 0) is 38.1 Å². The summed E-state index contributed by atoms with van der Waals surface area (Å²) < 4.78 is 11.0. The number of hydrogen-bond donors (Lipinski definition) is 1. The molecule has 2 rings (SSSR count). The van der Waals surface area contributed by atoms with Gasteiger partial charge in [-0.2, -0.15) is 0 Å². The number of carbonyl (C=O) groups is 1. The minimum atomic E-state index is -0.935. The van der Waals surface area contributed by atoms with E-state index in [4.69, 9.17) is 14.6 Å². The highest BCUT2D eigenvalue weighted by Crippen LogP contribution is 2.15. The van der Waals surface area contributed by atoms with Gasteiger partial charge in [-0.25, -0.2) is 4.79 Å². The third-order valence-corrected chi connectivity index (χ3v) is 3.61. The first-order chi connectivity index (χ1) is 9.66. The molecule has 1 aliphatic rings. The molecule has 110 valence electrons. The minimum Gasteiger partial charge on any atom is -0.492 e. The predicted octanol–water partition coefficient (Wildman–Crippen LogP) is 1.87. The monoisotopic (exact) mass is 279 g/mol. The number of hydrogen-bond acceptors (Lipinski definition) is 4. The molecular weight excluding hydrogens is 258 g/mol. The maximum absolute atomic E-state index is 10.9. The number of carboxylic acids is 1. The highest BCUT2D eigenvalue weighted by Gasteiger charge is 2.17. The SMILES string of the molecule is CN(CCOc1cccc(C(=O)O)c1)C1CCOCC1. The smallest absolute Gasteiger partial charge is 0.335 e. The molecule has 1 heterocycles. The molecule has 20 heavy (non-hydrogen) atoms. The molecule has 0 radical (unpaired) electrons. The second-order valence-corrected chi connectivity index (χ2v) is 5.01. The molecule has 5 heteroatoms. The van der Waals surface area contributed by atoms with Crippen LogP contribution in [0.5, 0.6) is 5.75 Å². The molecule has 1 N–H and O–H groups in total. The van der Waals surface area contributed by atoms with Crippen LogP contribution in [0.1, 0.15) is 23.2 Å². The molecule has 0 aliphatic carbocycles. The van der Waals surface area contributed by atoms with Gasteiger partial charge in [0.1, 0.15) is 12.4 Å². The highest BCUT2D eigenvalue weighted by molar-refractivity contribution is 5.87. The summed E-state index contributed by atoms with van der Waals surface area (Å²) in [7, 11) is 2.09. The molecule has 0 amide bonds. The molecule has 1 aromatic rings. The summed E-state index contributed by atoms with van der Waals surface area (Å²) in [5, 5.41) is 8.92. The number of benzene rings is 1. The van der Waals surface area contributed by atoms with Crippen LogP contribution in [-0.4, -0.2) is 55.4 Å². The summed E-state index contributed by atoms with van der Waals surface area (Å²) in [4.78, 5) is 13.1. The first-order valence-electron chi connectivity index (χ1n) is 6.91. The number of likely N-dealkylation sites (N-methyl/N-ethyl adjacent to an activating group) is 1. The molecule has 0 spiro atoms. The van der Waals surface area contributed by atoms with E-state index in [9.17, 15) is 4.79 Å². The quantitative estimate of drug-likeness (QED) is 0.861. The normalized spacial score (nSPS) is 16.3. The number of aromatic carboxylic acids is 1. The van der Waals surface area contributed by atoms with Crippen LogP contribution >= 0.6 is 0 Å². The zero-order valence-corrected chi connectivity index (χ0v) is 11.7. The van der Waals surface area contributed by atoms with Crippen LogP contribution in [0.25, 0.3) is 0 Å². The van der Waals surface area contributed by atoms with Gasteiger partial charge in [0.25, 0.3) is 0 Å². The Labute approximate surface area is 119 Å². The molecule has 0 atom stereocenters. The van der Waals surface area contributed by atoms with Crippen LogP contribution in [0.3, 0.4) is 0 Å². The van der Waals surface area contributed by atoms with Gasteiger partial charge in [0.15, 0.2) is 0 Å². The summed E-state index contributed by atoms with van der Waals surface area (Å²) in [6.45, 7) is 3.03. The van der Waals surface area contributed by atoms with Gasteiger partial charge in [-0.15, -0.1) is 0 Å². The van der Waals surface area contributed by atoms with Crippen molar-refractivity contribution in [2.75, 3.05) is 33.4 Å². The fraction of sp³-hybridized carbons (Fsp3) is 0.533. The van der Waals surface area contributed by atoms with Gasteiger partial charge in [-0.3, -0.25) is 4.90 Å². The van der Waals surface area contributed by atoms with Crippen molar-refractivity contribution in [3.63, 3.8) is 0 Å². The van der Waals surface area contributed by atoms with Gasteiger partial charge < -0.3 is 14.6 Å². The third-order valence-electron chi connectivity index (χ3n) is 3.61. The first-order valence-corrected chi connectivity index (χ1v) is 6.91. The zero-order valence-electron chi connectivity index (χ0n) is 11.7. The Morgan fingerprint density at radius 2 is 2.20 bits per heavy atom. The molecular formula is C15H21NO4. The highest BCUT2D eigenvalue weighted by atomic mass is 16.5. The van der Waals surface area contributed by atoms with Crippen molar-refractivity contribution < 1.29 is 19.4 Å². The van der Waals surface area contributed by atoms with Gasteiger partial charge in [0.05, 0.1) is 5.56 Å². The lowest BCUT2D eigenvalue weighted by Gasteiger charge is -2.31. The van der Waals surface area contributed by atoms with Gasteiger partial charge >= 0.3 is 5.97 Å². The third kappa shape index (κ3) is 4.21. The number of carboxylic acid groups (broad SMARTS) is 1. The summed E-state index contributed by atoms with van der Waals surface area (Å²) >= 11 is 0. The van der Waals surface area contributed by atoms with Crippen molar-refractivity contribution in [1.29, 1.82) is 0 Å². The topological polar surface area (TPSA) is 59.0 Å². The van der Waals surface area contributed by atoms with Gasteiger partial charge in [0.2, 0.25) is 0 Å². The van der Waals surface area contributed by atoms with Crippen LogP contribution in [0.2, 0.25) is 0 Å². The Morgan fingerprint density at radius 1 is 1.45 bits per heavy atom. The minimum absolute atomic E-state index is 0.250. The standard InChI is InChI=1S/C15H21NO4/c1-16(13-5-8-19-9-6-13)7-10-20-14-4-2-3-12(11-14)15(17)18/h2-4,11,13H,5-10H2,1H3,(H,17,18). The zero-order chi connectivity index (χ0) is 14.4. The number of nitrogens with zero attached hydrogens (tertiary/aromatic N) is 1. The Bertz CT molecular complexity index is 443. The van der Waals surface area contributed by atoms with E-state index in [-0.39, 0.29) is 5.56 Å². The number of rotatable bonds is 6. The van der Waals surface area contributed by atoms with Gasteiger partial charge in [-0.1, -0.05) is 6.07 Å². The predicted molar refractivity (Wildman–Crippen MR) is 75.4 cm³/mol. The van der Waals surface area contributed by atoms with E-state index < -0.39 is 5.97 Å². The fourth-order valence-electron chi connectivity index (χ4n) is 2.33. The lowest BCUT2D eigenvalue weighted by Crippen LogP contribution is -2.38. The molecule has 1 saturated heterocycles. The fourth-order valence-corrected chi connectivity index (χ4v) is 2.33. The molecule has 5 nitrogen and oxygen atoms in total. The van der Waals surface area contributed by atoms with Crippen LogP contribution in [-0.2, 0) is 4.74 Å². The van der Waals surface area contributed by atoms with Crippen molar-refractivity contribution in [2.24, 2.45) is 0 Å². The van der Waals surface area contributed by atoms with Crippen molar-refractivity contribution in [3.8, 4) is 5.75 Å². The molecule has 0 unspecified atom stereocenters. The van der Waals surface area contributed by atoms with Crippen LogP contribution in [0, 0.1) is 0 Å². The Kier molecular flexibility index (Phi) is 5.38. The molecule has 0 saturated carbocycles.